The summed E-state index contributed by atoms with van der Waals surface area (Å²) in [5, 5.41) is 3.05. The van der Waals surface area contributed by atoms with Gasteiger partial charge >= 0.3 is 0 Å². The Hall–Kier alpha value is -2.69. The minimum absolute atomic E-state index is 0.133. The lowest BCUT2D eigenvalue weighted by atomic mass is 10.0. The highest BCUT2D eigenvalue weighted by atomic mass is 16.5. The monoisotopic (exact) mass is 357 g/mol. The van der Waals surface area contributed by atoms with E-state index < -0.39 is 6.10 Å². The number of carbonyl (C=O) groups is 1. The van der Waals surface area contributed by atoms with Gasteiger partial charge in [0.25, 0.3) is 5.91 Å². The molecule has 0 aromatic heterocycles. The van der Waals surface area contributed by atoms with Crippen molar-refractivity contribution in [3.05, 3.63) is 53.6 Å². The summed E-state index contributed by atoms with van der Waals surface area (Å²) in [5.74, 6) is 1.83. The molecule has 5 heteroatoms. The fourth-order valence-corrected chi connectivity index (χ4v) is 2.73. The lowest BCUT2D eigenvalue weighted by Crippen LogP contribution is -2.38. The smallest absolute Gasteiger partial charge is 0.261 e. The van der Waals surface area contributed by atoms with Crippen LogP contribution in [0.15, 0.2) is 42.5 Å². The van der Waals surface area contributed by atoms with Crippen molar-refractivity contribution in [1.82, 2.24) is 5.32 Å². The standard InChI is InChI=1S/C21H27NO4/c1-6-18(16-10-11-19(24-4)20(13-16)25-5)22-21(23)15(3)26-17-9-7-8-14(2)12-17/h7-13,15,18H,6H2,1-5H3,(H,22,23)/t15-,18+/m0/s1. The number of hydrogen-bond acceptors (Lipinski definition) is 4. The molecule has 0 spiro atoms. The van der Waals surface area contributed by atoms with Crippen molar-refractivity contribution in [3.63, 3.8) is 0 Å². The molecule has 0 aliphatic carbocycles. The minimum Gasteiger partial charge on any atom is -0.493 e. The summed E-state index contributed by atoms with van der Waals surface area (Å²) in [7, 11) is 3.19. The molecule has 2 atom stereocenters. The molecule has 1 amide bonds. The van der Waals surface area contributed by atoms with Gasteiger partial charge < -0.3 is 19.5 Å². The highest BCUT2D eigenvalue weighted by Gasteiger charge is 2.20. The highest BCUT2D eigenvalue weighted by Crippen LogP contribution is 2.31. The molecule has 0 bridgehead atoms. The van der Waals surface area contributed by atoms with Crippen LogP contribution in [0.5, 0.6) is 17.2 Å². The number of rotatable bonds is 8. The number of aryl methyl sites for hydroxylation is 1. The maximum absolute atomic E-state index is 12.6. The van der Waals surface area contributed by atoms with Crippen LogP contribution >= 0.6 is 0 Å². The maximum atomic E-state index is 12.6. The molecule has 0 radical (unpaired) electrons. The Morgan fingerprint density at radius 2 is 1.81 bits per heavy atom. The SMILES string of the molecule is CC[C@@H](NC(=O)[C@H](C)Oc1cccc(C)c1)c1ccc(OC)c(OC)c1. The second-order valence-corrected chi connectivity index (χ2v) is 6.16. The topological polar surface area (TPSA) is 56.8 Å². The average Bonchev–Trinajstić information content (AvgIpc) is 2.65. The van der Waals surface area contributed by atoms with E-state index in [1.807, 2.05) is 56.3 Å². The zero-order chi connectivity index (χ0) is 19.1. The molecule has 0 aliphatic rings. The molecule has 0 fully saturated rings. The molecule has 0 saturated carbocycles. The molecule has 2 aromatic carbocycles. The van der Waals surface area contributed by atoms with Crippen LogP contribution in [0.4, 0.5) is 0 Å². The molecule has 26 heavy (non-hydrogen) atoms. The van der Waals surface area contributed by atoms with Gasteiger partial charge in [-0.15, -0.1) is 0 Å². The van der Waals surface area contributed by atoms with Crippen molar-refractivity contribution in [2.45, 2.75) is 39.3 Å². The van der Waals surface area contributed by atoms with Crippen LogP contribution in [0.3, 0.4) is 0 Å². The molecule has 0 heterocycles. The number of hydrogen-bond donors (Lipinski definition) is 1. The van der Waals surface area contributed by atoms with Gasteiger partial charge in [-0.25, -0.2) is 0 Å². The van der Waals surface area contributed by atoms with Gasteiger partial charge in [0.05, 0.1) is 20.3 Å². The zero-order valence-electron chi connectivity index (χ0n) is 16.0. The van der Waals surface area contributed by atoms with Crippen LogP contribution in [0, 0.1) is 6.92 Å². The van der Waals surface area contributed by atoms with Crippen LogP contribution in [-0.4, -0.2) is 26.2 Å². The van der Waals surface area contributed by atoms with E-state index in [-0.39, 0.29) is 11.9 Å². The van der Waals surface area contributed by atoms with E-state index in [2.05, 4.69) is 5.32 Å². The van der Waals surface area contributed by atoms with Gasteiger partial charge in [0.2, 0.25) is 0 Å². The van der Waals surface area contributed by atoms with Gasteiger partial charge in [-0.1, -0.05) is 25.1 Å². The number of amides is 1. The lowest BCUT2D eigenvalue weighted by molar-refractivity contribution is -0.128. The third-order valence-corrected chi connectivity index (χ3v) is 4.21. The third kappa shape index (κ3) is 4.91. The van der Waals surface area contributed by atoms with Crippen LogP contribution in [0.2, 0.25) is 0 Å². The van der Waals surface area contributed by atoms with E-state index in [9.17, 15) is 4.79 Å². The molecular formula is C21H27NO4. The largest absolute Gasteiger partial charge is 0.493 e. The number of ether oxygens (including phenoxy) is 3. The normalized spacial score (nSPS) is 12.8. The van der Waals surface area contributed by atoms with Crippen molar-refractivity contribution in [3.8, 4) is 17.2 Å². The molecule has 2 aromatic rings. The second kappa shape index (κ2) is 9.13. The molecule has 0 saturated heterocycles. The van der Waals surface area contributed by atoms with Crippen LogP contribution < -0.4 is 19.5 Å². The molecule has 2 rings (SSSR count). The Morgan fingerprint density at radius 1 is 1.08 bits per heavy atom. The van der Waals surface area contributed by atoms with Crippen molar-refractivity contribution in [2.75, 3.05) is 14.2 Å². The second-order valence-electron chi connectivity index (χ2n) is 6.16. The quantitative estimate of drug-likeness (QED) is 0.774. The van der Waals surface area contributed by atoms with Gasteiger partial charge in [0.1, 0.15) is 5.75 Å². The Balaban J connectivity index is 2.07. The third-order valence-electron chi connectivity index (χ3n) is 4.21. The first-order valence-electron chi connectivity index (χ1n) is 8.74. The van der Waals surface area contributed by atoms with Gasteiger partial charge in [-0.2, -0.15) is 0 Å². The van der Waals surface area contributed by atoms with Crippen molar-refractivity contribution < 1.29 is 19.0 Å². The fraction of sp³-hybridized carbons (Fsp3) is 0.381. The summed E-state index contributed by atoms with van der Waals surface area (Å²) in [6.45, 7) is 5.76. The summed E-state index contributed by atoms with van der Waals surface area (Å²) in [4.78, 5) is 12.6. The summed E-state index contributed by atoms with van der Waals surface area (Å²) in [6.07, 6.45) is 0.157. The molecule has 5 nitrogen and oxygen atoms in total. The molecule has 140 valence electrons. The Morgan fingerprint density at radius 3 is 2.42 bits per heavy atom. The van der Waals surface area contributed by atoms with E-state index in [4.69, 9.17) is 14.2 Å². The summed E-state index contributed by atoms with van der Waals surface area (Å²) >= 11 is 0. The number of benzene rings is 2. The molecule has 1 N–H and O–H groups in total. The van der Waals surface area contributed by atoms with Crippen molar-refractivity contribution in [1.29, 1.82) is 0 Å². The first-order chi connectivity index (χ1) is 12.5. The van der Waals surface area contributed by atoms with E-state index in [1.54, 1.807) is 21.1 Å². The van der Waals surface area contributed by atoms with E-state index >= 15 is 0 Å². The molecule has 0 unspecified atom stereocenters. The first-order valence-corrected chi connectivity index (χ1v) is 8.74. The van der Waals surface area contributed by atoms with E-state index in [0.29, 0.717) is 17.2 Å². The Labute approximate surface area is 155 Å². The number of carbonyl (C=O) groups excluding carboxylic acids is 1. The van der Waals surface area contributed by atoms with Crippen LogP contribution in [0.1, 0.15) is 37.4 Å². The maximum Gasteiger partial charge on any atom is 0.261 e. The van der Waals surface area contributed by atoms with Gasteiger partial charge in [0.15, 0.2) is 17.6 Å². The average molecular weight is 357 g/mol. The minimum atomic E-state index is -0.592. The predicted molar refractivity (Wildman–Crippen MR) is 102 cm³/mol. The molecule has 0 aliphatic heterocycles. The zero-order valence-corrected chi connectivity index (χ0v) is 16.0. The Kier molecular flexibility index (Phi) is 6.89. The Bertz CT molecular complexity index is 745. The number of nitrogens with one attached hydrogen (secondary N) is 1. The first kappa shape index (κ1) is 19.6. The van der Waals surface area contributed by atoms with Gasteiger partial charge in [-0.3, -0.25) is 4.79 Å². The summed E-state index contributed by atoms with van der Waals surface area (Å²) in [5.41, 5.74) is 2.05. The fourth-order valence-electron chi connectivity index (χ4n) is 2.73. The van der Waals surface area contributed by atoms with Gasteiger partial charge in [0, 0.05) is 0 Å². The predicted octanol–water partition coefficient (Wildman–Crippen LogP) is 4.05. The summed E-state index contributed by atoms with van der Waals surface area (Å²) < 4.78 is 16.4. The van der Waals surface area contributed by atoms with Gasteiger partial charge in [-0.05, 0) is 55.7 Å². The number of methoxy groups -OCH3 is 2. The van der Waals surface area contributed by atoms with Crippen LogP contribution in [-0.2, 0) is 4.79 Å². The van der Waals surface area contributed by atoms with Crippen molar-refractivity contribution >= 4 is 5.91 Å². The summed E-state index contributed by atoms with van der Waals surface area (Å²) in [6, 6.07) is 13.2. The van der Waals surface area contributed by atoms with E-state index in [1.165, 1.54) is 0 Å². The van der Waals surface area contributed by atoms with E-state index in [0.717, 1.165) is 17.5 Å². The molecular weight excluding hydrogens is 330 g/mol. The highest BCUT2D eigenvalue weighted by molar-refractivity contribution is 5.81. The lowest BCUT2D eigenvalue weighted by Gasteiger charge is -2.22. The van der Waals surface area contributed by atoms with Crippen molar-refractivity contribution in [2.24, 2.45) is 0 Å². The van der Waals surface area contributed by atoms with Crippen LogP contribution in [0.25, 0.3) is 0 Å².